The molecule has 3 nitrogen and oxygen atoms in total. The van der Waals surface area contributed by atoms with Gasteiger partial charge in [0.2, 0.25) is 0 Å². The van der Waals surface area contributed by atoms with Crippen LogP contribution in [-0.4, -0.2) is 33.4 Å². The maximum Gasteiger partial charge on any atom is 0.0507 e. The first-order valence-corrected chi connectivity index (χ1v) is 7.78. The average molecular weight is 276 g/mol. The molecule has 112 valence electrons. The minimum atomic E-state index is 0.676. The van der Waals surface area contributed by atoms with E-state index in [-0.39, 0.29) is 0 Å². The second-order valence-electron chi connectivity index (χ2n) is 5.81. The van der Waals surface area contributed by atoms with E-state index >= 15 is 0 Å². The molecule has 1 unspecified atom stereocenters. The molecule has 1 atom stereocenters. The van der Waals surface area contributed by atoms with Gasteiger partial charge in [0.1, 0.15) is 0 Å². The maximum atomic E-state index is 5.32. The molecular formula is C17H28N2O. The minimum absolute atomic E-state index is 0.676. The number of nitrogens with one attached hydrogen (secondary N) is 1. The van der Waals surface area contributed by atoms with E-state index in [1.165, 1.54) is 36.2 Å². The van der Waals surface area contributed by atoms with Crippen LogP contribution < -0.4 is 10.2 Å². The van der Waals surface area contributed by atoms with Crippen LogP contribution in [0.5, 0.6) is 0 Å². The van der Waals surface area contributed by atoms with E-state index in [0.29, 0.717) is 5.92 Å². The summed E-state index contributed by atoms with van der Waals surface area (Å²) >= 11 is 0. The van der Waals surface area contributed by atoms with Gasteiger partial charge in [-0.3, -0.25) is 0 Å². The molecule has 0 bridgehead atoms. The molecule has 1 aromatic rings. The lowest BCUT2D eigenvalue weighted by Gasteiger charge is -2.35. The Morgan fingerprint density at radius 1 is 1.40 bits per heavy atom. The van der Waals surface area contributed by atoms with Crippen molar-refractivity contribution in [1.29, 1.82) is 0 Å². The molecule has 1 N–H and O–H groups in total. The smallest absolute Gasteiger partial charge is 0.0507 e. The lowest BCUT2D eigenvalue weighted by molar-refractivity contribution is 0.143. The van der Waals surface area contributed by atoms with Crippen molar-refractivity contribution in [2.45, 2.75) is 33.2 Å². The first-order valence-electron chi connectivity index (χ1n) is 7.78. The van der Waals surface area contributed by atoms with Gasteiger partial charge in [-0.25, -0.2) is 0 Å². The third kappa shape index (κ3) is 3.97. The van der Waals surface area contributed by atoms with Gasteiger partial charge in [0.25, 0.3) is 0 Å². The first-order chi connectivity index (χ1) is 9.74. The van der Waals surface area contributed by atoms with E-state index in [9.17, 15) is 0 Å². The zero-order valence-corrected chi connectivity index (χ0v) is 13.1. The van der Waals surface area contributed by atoms with Crippen LogP contribution in [0.1, 0.15) is 30.9 Å². The monoisotopic (exact) mass is 276 g/mol. The summed E-state index contributed by atoms with van der Waals surface area (Å²) in [4.78, 5) is 2.53. The van der Waals surface area contributed by atoms with Gasteiger partial charge in [-0.2, -0.15) is 0 Å². The fourth-order valence-corrected chi connectivity index (χ4v) is 3.11. The van der Waals surface area contributed by atoms with Gasteiger partial charge in [0.15, 0.2) is 0 Å². The zero-order chi connectivity index (χ0) is 14.4. The number of methoxy groups -OCH3 is 1. The molecule has 1 fully saturated rings. The second-order valence-corrected chi connectivity index (χ2v) is 5.81. The quantitative estimate of drug-likeness (QED) is 0.864. The van der Waals surface area contributed by atoms with E-state index < -0.39 is 0 Å². The van der Waals surface area contributed by atoms with E-state index in [2.05, 4.69) is 42.3 Å². The van der Waals surface area contributed by atoms with Crippen molar-refractivity contribution >= 4 is 5.69 Å². The van der Waals surface area contributed by atoms with Crippen LogP contribution in [0, 0.1) is 12.8 Å². The molecule has 3 heteroatoms. The molecule has 0 saturated carbocycles. The molecule has 0 spiro atoms. The van der Waals surface area contributed by atoms with Crippen molar-refractivity contribution in [2.75, 3.05) is 38.3 Å². The summed E-state index contributed by atoms with van der Waals surface area (Å²) in [5, 5.41) is 3.38. The van der Waals surface area contributed by atoms with Crippen molar-refractivity contribution in [1.82, 2.24) is 5.32 Å². The van der Waals surface area contributed by atoms with E-state index in [1.54, 1.807) is 7.11 Å². The van der Waals surface area contributed by atoms with Crippen molar-refractivity contribution in [2.24, 2.45) is 5.92 Å². The first kappa shape index (κ1) is 15.3. The molecule has 1 aliphatic heterocycles. The van der Waals surface area contributed by atoms with Crippen LogP contribution in [0.2, 0.25) is 0 Å². The van der Waals surface area contributed by atoms with Gasteiger partial charge in [-0.1, -0.05) is 19.1 Å². The van der Waals surface area contributed by atoms with Crippen molar-refractivity contribution in [3.05, 3.63) is 29.3 Å². The number of aryl methyl sites for hydroxylation is 1. The van der Waals surface area contributed by atoms with Crippen LogP contribution in [0.15, 0.2) is 18.2 Å². The SMILES string of the molecule is CCNCc1ccc(N2CCCC(COC)C2)c(C)c1. The molecular weight excluding hydrogens is 248 g/mol. The van der Waals surface area contributed by atoms with Gasteiger partial charge in [-0.05, 0) is 49.4 Å². The van der Waals surface area contributed by atoms with Gasteiger partial charge in [-0.15, -0.1) is 0 Å². The Morgan fingerprint density at radius 2 is 2.25 bits per heavy atom. The largest absolute Gasteiger partial charge is 0.384 e. The van der Waals surface area contributed by atoms with E-state index in [4.69, 9.17) is 4.74 Å². The minimum Gasteiger partial charge on any atom is -0.384 e. The highest BCUT2D eigenvalue weighted by molar-refractivity contribution is 5.54. The summed E-state index contributed by atoms with van der Waals surface area (Å²) < 4.78 is 5.32. The fraction of sp³-hybridized carbons (Fsp3) is 0.647. The predicted octanol–water partition coefficient (Wildman–Crippen LogP) is 2.97. The summed E-state index contributed by atoms with van der Waals surface area (Å²) in [6, 6.07) is 6.86. The Morgan fingerprint density at radius 3 is 2.95 bits per heavy atom. The number of hydrogen-bond donors (Lipinski definition) is 1. The zero-order valence-electron chi connectivity index (χ0n) is 13.1. The highest BCUT2D eigenvalue weighted by atomic mass is 16.5. The van der Waals surface area contributed by atoms with Crippen LogP contribution in [0.25, 0.3) is 0 Å². The normalized spacial score (nSPS) is 19.4. The van der Waals surface area contributed by atoms with Crippen molar-refractivity contribution < 1.29 is 4.74 Å². The molecule has 0 amide bonds. The van der Waals surface area contributed by atoms with Crippen LogP contribution in [0.4, 0.5) is 5.69 Å². The van der Waals surface area contributed by atoms with E-state index in [0.717, 1.165) is 26.2 Å². The summed E-state index contributed by atoms with van der Waals surface area (Å²) in [6.45, 7) is 9.54. The molecule has 2 rings (SSSR count). The van der Waals surface area contributed by atoms with Gasteiger partial charge >= 0.3 is 0 Å². The van der Waals surface area contributed by atoms with Gasteiger partial charge in [0.05, 0.1) is 6.61 Å². The number of benzene rings is 1. The third-order valence-electron chi connectivity index (χ3n) is 4.10. The lowest BCUT2D eigenvalue weighted by atomic mass is 9.97. The molecule has 1 heterocycles. The third-order valence-corrected chi connectivity index (χ3v) is 4.10. The predicted molar refractivity (Wildman–Crippen MR) is 85.4 cm³/mol. The molecule has 0 radical (unpaired) electrons. The molecule has 1 aliphatic rings. The average Bonchev–Trinajstić information content (AvgIpc) is 2.46. The highest BCUT2D eigenvalue weighted by Crippen LogP contribution is 2.27. The van der Waals surface area contributed by atoms with E-state index in [1.807, 2.05) is 0 Å². The molecule has 20 heavy (non-hydrogen) atoms. The second kappa shape index (κ2) is 7.65. The fourth-order valence-electron chi connectivity index (χ4n) is 3.11. The standard InChI is InChI=1S/C17H28N2O/c1-4-18-11-15-7-8-17(14(2)10-15)19-9-5-6-16(12-19)13-20-3/h7-8,10,16,18H,4-6,9,11-13H2,1-3H3. The van der Waals surface area contributed by atoms with Crippen molar-refractivity contribution in [3.63, 3.8) is 0 Å². The Labute approximate surface area is 123 Å². The molecule has 0 aromatic heterocycles. The Kier molecular flexibility index (Phi) is 5.86. The molecule has 0 aliphatic carbocycles. The topological polar surface area (TPSA) is 24.5 Å². The summed E-state index contributed by atoms with van der Waals surface area (Å²) in [5.74, 6) is 0.676. The van der Waals surface area contributed by atoms with Crippen LogP contribution in [0.3, 0.4) is 0 Å². The number of anilines is 1. The number of hydrogen-bond acceptors (Lipinski definition) is 3. The molecule has 1 aromatic carbocycles. The van der Waals surface area contributed by atoms with Crippen molar-refractivity contribution in [3.8, 4) is 0 Å². The maximum absolute atomic E-state index is 5.32. The number of rotatable bonds is 6. The molecule has 1 saturated heterocycles. The number of ether oxygens (including phenoxy) is 1. The van der Waals surface area contributed by atoms with Crippen LogP contribution in [-0.2, 0) is 11.3 Å². The van der Waals surface area contributed by atoms with Gasteiger partial charge in [0, 0.05) is 32.4 Å². The lowest BCUT2D eigenvalue weighted by Crippen LogP contribution is -2.37. The Bertz CT molecular complexity index is 417. The Hall–Kier alpha value is -1.06. The van der Waals surface area contributed by atoms with Gasteiger partial charge < -0.3 is 15.0 Å². The summed E-state index contributed by atoms with van der Waals surface area (Å²) in [5.41, 5.74) is 4.16. The highest BCUT2D eigenvalue weighted by Gasteiger charge is 2.21. The summed E-state index contributed by atoms with van der Waals surface area (Å²) in [6.07, 6.45) is 2.56. The Balaban J connectivity index is 2.04. The number of piperidine rings is 1. The van der Waals surface area contributed by atoms with Crippen LogP contribution >= 0.6 is 0 Å². The summed E-state index contributed by atoms with van der Waals surface area (Å²) in [7, 11) is 1.81. The number of nitrogens with zero attached hydrogens (tertiary/aromatic N) is 1.